The molecule has 10 heteroatoms. The Morgan fingerprint density at radius 2 is 1.17 bits per heavy atom. The summed E-state index contributed by atoms with van der Waals surface area (Å²) in [6.07, 6.45) is 10.7. The van der Waals surface area contributed by atoms with E-state index in [4.69, 9.17) is 17.5 Å². The summed E-state index contributed by atoms with van der Waals surface area (Å²) in [7, 11) is -4.67. The molecule has 9 nitrogen and oxygen atoms in total. The number of benzene rings is 3. The van der Waals surface area contributed by atoms with Gasteiger partial charge in [0.15, 0.2) is 0 Å². The minimum Gasteiger partial charge on any atom is -0.279 e. The van der Waals surface area contributed by atoms with Crippen LogP contribution in [0.15, 0.2) is 107 Å². The third kappa shape index (κ3) is 13.0. The molecule has 3 aromatic rings. The van der Waals surface area contributed by atoms with Gasteiger partial charge in [0.25, 0.3) is 5.91 Å². The minimum atomic E-state index is -4.67. The lowest BCUT2D eigenvalue weighted by Crippen LogP contribution is -2.17. The second kappa shape index (κ2) is 14.7. The number of nitrogens with one attached hydrogen (secondary N) is 2. The highest BCUT2D eigenvalue weighted by Gasteiger charge is 2.03. The molecule has 0 heterocycles. The number of amides is 1. The van der Waals surface area contributed by atoms with Crippen molar-refractivity contribution in [3.8, 4) is 0 Å². The molecule has 3 rings (SSSR count). The van der Waals surface area contributed by atoms with Crippen LogP contribution in [0.2, 0.25) is 0 Å². The summed E-state index contributed by atoms with van der Waals surface area (Å²) in [5, 5.41) is 8.05. The van der Waals surface area contributed by atoms with Crippen LogP contribution in [-0.2, 0) is 10.4 Å². The van der Waals surface area contributed by atoms with Gasteiger partial charge in [-0.1, -0.05) is 72.8 Å². The van der Waals surface area contributed by atoms with Gasteiger partial charge in [0.2, 0.25) is 0 Å². The molecule has 0 aliphatic carbocycles. The Balaban J connectivity index is 0.000000784. The van der Waals surface area contributed by atoms with Crippen molar-refractivity contribution in [1.82, 2.24) is 5.43 Å². The number of carbonyl (C=O) groups excluding carboxylic acids is 1. The number of hydrogen-bond donors (Lipinski definition) is 4. The van der Waals surface area contributed by atoms with Gasteiger partial charge >= 0.3 is 10.4 Å². The summed E-state index contributed by atoms with van der Waals surface area (Å²) in [6.45, 7) is 0. The highest BCUT2D eigenvalue weighted by atomic mass is 32.3. The minimum absolute atomic E-state index is 0.278. The maximum absolute atomic E-state index is 12.1. The Morgan fingerprint density at radius 1 is 0.714 bits per heavy atom. The zero-order valence-corrected chi connectivity index (χ0v) is 19.3. The summed E-state index contributed by atoms with van der Waals surface area (Å²) in [4.78, 5) is 12.1. The Bertz CT molecular complexity index is 1260. The summed E-state index contributed by atoms with van der Waals surface area (Å²) in [5.74, 6) is -0.278. The molecule has 1 amide bonds. The van der Waals surface area contributed by atoms with E-state index in [1.54, 1.807) is 42.8 Å². The average molecular weight is 493 g/mol. The summed E-state index contributed by atoms with van der Waals surface area (Å²) in [6, 6.07) is 26.8. The van der Waals surface area contributed by atoms with Gasteiger partial charge in [-0.15, -0.1) is 0 Å². The predicted octanol–water partition coefficient (Wildman–Crippen LogP) is 4.57. The van der Waals surface area contributed by atoms with Gasteiger partial charge in [-0.25, -0.2) is 5.43 Å². The predicted molar refractivity (Wildman–Crippen MR) is 140 cm³/mol. The molecular weight excluding hydrogens is 468 g/mol. The number of allylic oxidation sites excluding steroid dienone is 2. The molecule has 0 saturated heterocycles. The van der Waals surface area contributed by atoms with Gasteiger partial charge < -0.3 is 0 Å². The van der Waals surface area contributed by atoms with Crippen molar-refractivity contribution in [3.63, 3.8) is 0 Å². The van der Waals surface area contributed by atoms with Crippen LogP contribution >= 0.6 is 0 Å². The fraction of sp³-hybridized carbons (Fsp3) is 0. The number of hydrazone groups is 2. The number of hydrogen-bond acceptors (Lipinski definition) is 6. The quantitative estimate of drug-likeness (QED) is 0.206. The van der Waals surface area contributed by atoms with Gasteiger partial charge in [-0.3, -0.25) is 19.3 Å². The smallest absolute Gasteiger partial charge is 0.279 e. The molecule has 180 valence electrons. The molecular formula is C25H24N4O5S. The van der Waals surface area contributed by atoms with E-state index in [9.17, 15) is 4.79 Å². The summed E-state index contributed by atoms with van der Waals surface area (Å²) < 4.78 is 31.6. The number of anilines is 1. The molecule has 0 radical (unpaired) electrons. The summed E-state index contributed by atoms with van der Waals surface area (Å²) >= 11 is 0. The normalized spacial score (nSPS) is 11.6. The van der Waals surface area contributed by atoms with Gasteiger partial charge in [-0.2, -0.15) is 18.6 Å². The van der Waals surface area contributed by atoms with Crippen molar-refractivity contribution in [2.24, 2.45) is 10.2 Å². The third-order valence-electron chi connectivity index (χ3n) is 4.00. The van der Waals surface area contributed by atoms with Crippen molar-refractivity contribution < 1.29 is 22.3 Å². The first kappa shape index (κ1) is 26.9. The lowest BCUT2D eigenvalue weighted by atomic mass is 10.2. The first-order valence-electron chi connectivity index (χ1n) is 10.2. The molecule has 0 atom stereocenters. The number of nitrogens with zero attached hydrogens (tertiary/aromatic N) is 2. The molecule has 3 aromatic carbocycles. The van der Waals surface area contributed by atoms with Crippen LogP contribution in [0, 0.1) is 0 Å². The lowest BCUT2D eigenvalue weighted by molar-refractivity contribution is 0.0955. The van der Waals surface area contributed by atoms with Crippen molar-refractivity contribution >= 4 is 46.6 Å². The van der Waals surface area contributed by atoms with Crippen molar-refractivity contribution in [2.75, 3.05) is 5.43 Å². The topological polar surface area (TPSA) is 140 Å². The second-order valence-electron chi connectivity index (χ2n) is 6.67. The molecule has 0 saturated carbocycles. The van der Waals surface area contributed by atoms with Gasteiger partial charge in [0, 0.05) is 18.0 Å². The van der Waals surface area contributed by atoms with Crippen LogP contribution in [0.25, 0.3) is 12.2 Å². The fourth-order valence-corrected chi connectivity index (χ4v) is 2.49. The van der Waals surface area contributed by atoms with E-state index in [2.05, 4.69) is 21.1 Å². The number of carbonyl (C=O) groups is 1. The largest absolute Gasteiger partial charge is 0.394 e. The van der Waals surface area contributed by atoms with Crippen LogP contribution in [0.5, 0.6) is 0 Å². The molecule has 0 aromatic heterocycles. The van der Waals surface area contributed by atoms with Crippen molar-refractivity contribution in [2.45, 2.75) is 0 Å². The van der Waals surface area contributed by atoms with E-state index >= 15 is 0 Å². The van der Waals surface area contributed by atoms with Gasteiger partial charge in [0.1, 0.15) is 0 Å². The summed E-state index contributed by atoms with van der Waals surface area (Å²) in [5.41, 5.74) is 8.89. The van der Waals surface area contributed by atoms with Gasteiger partial charge in [0.05, 0.1) is 5.69 Å². The fourth-order valence-electron chi connectivity index (χ4n) is 2.49. The standard InChI is InChI=1S/C25H22N4O.H2O4S/c30-25(29-27-20-8-14-22-11-5-2-6-12-22)23-15-17-24(18-16-23)28-26-19-7-13-21-9-3-1-4-10-21;1-5(2,3)4/h1-20,28H,(H,29,30);(H2,1,2,3,4)/b13-7?,14-8?,26-19+,27-20+;. The molecule has 4 N–H and O–H groups in total. The first-order valence-corrected chi connectivity index (χ1v) is 11.6. The first-order chi connectivity index (χ1) is 16.8. The van der Waals surface area contributed by atoms with Crippen LogP contribution in [0.1, 0.15) is 21.5 Å². The van der Waals surface area contributed by atoms with Crippen LogP contribution < -0.4 is 10.9 Å². The molecule has 0 aliphatic heterocycles. The molecule has 0 aliphatic rings. The highest BCUT2D eigenvalue weighted by molar-refractivity contribution is 7.79. The van der Waals surface area contributed by atoms with E-state index in [0.29, 0.717) is 5.56 Å². The maximum atomic E-state index is 12.1. The van der Waals surface area contributed by atoms with Crippen LogP contribution in [-0.4, -0.2) is 35.9 Å². The van der Waals surface area contributed by atoms with Crippen LogP contribution in [0.3, 0.4) is 0 Å². The molecule has 0 fully saturated rings. The van der Waals surface area contributed by atoms with E-state index in [-0.39, 0.29) is 5.91 Å². The Morgan fingerprint density at radius 3 is 1.66 bits per heavy atom. The van der Waals surface area contributed by atoms with E-state index in [1.807, 2.05) is 78.9 Å². The SMILES string of the molecule is O=C(N/N=C/C=Cc1ccccc1)c1ccc(N/N=C/C=Cc2ccccc2)cc1.O=S(=O)(O)O. The number of rotatable bonds is 8. The zero-order chi connectivity index (χ0) is 25.4. The third-order valence-corrected chi connectivity index (χ3v) is 4.00. The maximum Gasteiger partial charge on any atom is 0.394 e. The molecule has 35 heavy (non-hydrogen) atoms. The monoisotopic (exact) mass is 492 g/mol. The van der Waals surface area contributed by atoms with Crippen LogP contribution in [0.4, 0.5) is 5.69 Å². The van der Waals surface area contributed by atoms with E-state index in [0.717, 1.165) is 16.8 Å². The average Bonchev–Trinajstić information content (AvgIpc) is 2.84. The zero-order valence-electron chi connectivity index (χ0n) is 18.5. The Hall–Kier alpha value is -4.38. The molecule has 0 spiro atoms. The second-order valence-corrected chi connectivity index (χ2v) is 7.57. The molecule has 0 unspecified atom stereocenters. The Kier molecular flexibility index (Phi) is 11.3. The Labute approximate surface area is 203 Å². The van der Waals surface area contributed by atoms with E-state index < -0.39 is 10.4 Å². The van der Waals surface area contributed by atoms with Crippen molar-refractivity contribution in [1.29, 1.82) is 0 Å². The van der Waals surface area contributed by atoms with E-state index in [1.165, 1.54) is 0 Å². The van der Waals surface area contributed by atoms with Crippen molar-refractivity contribution in [3.05, 3.63) is 114 Å². The lowest BCUT2D eigenvalue weighted by Gasteiger charge is -2.02. The molecule has 0 bridgehead atoms. The van der Waals surface area contributed by atoms with Gasteiger partial charge in [-0.05, 0) is 47.5 Å². The highest BCUT2D eigenvalue weighted by Crippen LogP contribution is 2.09.